The molecule has 0 radical (unpaired) electrons. The number of unbranched alkanes of at least 4 members (excludes halogenated alkanes) is 1. The molecule has 1 aromatic carbocycles. The molecule has 128 valence electrons. The monoisotopic (exact) mass is 359 g/mol. The summed E-state index contributed by atoms with van der Waals surface area (Å²) in [4.78, 5) is 14.1. The Kier molecular flexibility index (Phi) is 6.71. The van der Waals surface area contributed by atoms with Crippen LogP contribution in [0.5, 0.6) is 0 Å². The molecule has 1 heterocycles. The van der Waals surface area contributed by atoms with E-state index in [9.17, 15) is 4.79 Å². The van der Waals surface area contributed by atoms with Crippen molar-refractivity contribution < 1.29 is 4.79 Å². The zero-order valence-corrected chi connectivity index (χ0v) is 16.6. The van der Waals surface area contributed by atoms with E-state index in [2.05, 4.69) is 36.4 Å². The summed E-state index contributed by atoms with van der Waals surface area (Å²) in [6.45, 7) is 7.94. The summed E-state index contributed by atoms with van der Waals surface area (Å²) in [6, 6.07) is 8.98. The van der Waals surface area contributed by atoms with Crippen LogP contribution in [-0.2, 0) is 4.79 Å². The van der Waals surface area contributed by atoms with E-state index >= 15 is 0 Å². The van der Waals surface area contributed by atoms with Crippen molar-refractivity contribution in [1.82, 2.24) is 4.90 Å². The molecule has 0 bridgehead atoms. The second-order valence-electron chi connectivity index (χ2n) is 7.49. The van der Waals surface area contributed by atoms with Crippen LogP contribution in [0.25, 0.3) is 0 Å². The van der Waals surface area contributed by atoms with E-state index in [1.165, 1.54) is 0 Å². The summed E-state index contributed by atoms with van der Waals surface area (Å²) >= 11 is 5.97. The molecule has 1 aliphatic heterocycles. The van der Waals surface area contributed by atoms with E-state index in [-0.39, 0.29) is 11.8 Å². The molecule has 1 unspecified atom stereocenters. The van der Waals surface area contributed by atoms with E-state index in [1.54, 1.807) is 6.08 Å². The fraction of sp³-hybridized carbons (Fsp3) is 0.450. The van der Waals surface area contributed by atoms with Crippen molar-refractivity contribution in [3.63, 3.8) is 0 Å². The number of halogens is 1. The zero-order valence-electron chi connectivity index (χ0n) is 14.8. The second-order valence-corrected chi connectivity index (χ2v) is 13.4. The third kappa shape index (κ3) is 6.18. The lowest BCUT2D eigenvalue weighted by Crippen LogP contribution is -2.30. The first-order chi connectivity index (χ1) is 11.3. The highest BCUT2D eigenvalue weighted by Crippen LogP contribution is 2.29. The maximum Gasteiger partial charge on any atom is 0.159 e. The number of allylic oxidation sites excluding steroid dienone is 1. The maximum atomic E-state index is 11.8. The van der Waals surface area contributed by atoms with Gasteiger partial charge in [-0.2, -0.15) is 0 Å². The maximum absolute atomic E-state index is 11.8. The lowest BCUT2D eigenvalue weighted by atomic mass is 9.97. The Bertz CT molecular complexity index is 649. The van der Waals surface area contributed by atoms with Crippen LogP contribution in [0, 0.1) is 11.8 Å². The van der Waals surface area contributed by atoms with Crippen molar-refractivity contribution >= 4 is 25.5 Å². The standard InChI is InChI=1S/C20H26ClNOSi/c1-24(2,3)15-7-5-4-6-13-22-14-12-19(23)16-20(22)17-8-10-18(21)11-9-17/h8-12,14,20H,4,6,13,15-16H2,1-3H3. The third-order valence-corrected chi connectivity index (χ3v) is 5.45. The predicted molar refractivity (Wildman–Crippen MR) is 105 cm³/mol. The molecule has 1 atom stereocenters. The van der Waals surface area contributed by atoms with Gasteiger partial charge in [-0.05, 0) is 30.2 Å². The highest BCUT2D eigenvalue weighted by molar-refractivity contribution is 6.76. The first-order valence-corrected chi connectivity index (χ1v) is 12.6. The van der Waals surface area contributed by atoms with Gasteiger partial charge in [0.1, 0.15) is 0 Å². The van der Waals surface area contributed by atoms with Gasteiger partial charge in [-0.25, -0.2) is 0 Å². The second kappa shape index (κ2) is 8.55. The Hall–Kier alpha value is -1.50. The largest absolute Gasteiger partial charge is 0.370 e. The minimum Gasteiger partial charge on any atom is -0.370 e. The molecule has 0 amide bonds. The number of hydrogen-bond donors (Lipinski definition) is 0. The van der Waals surface area contributed by atoms with Gasteiger partial charge >= 0.3 is 0 Å². The Balaban J connectivity index is 1.92. The van der Waals surface area contributed by atoms with Gasteiger partial charge in [0.2, 0.25) is 0 Å². The fourth-order valence-corrected chi connectivity index (χ4v) is 3.43. The first-order valence-electron chi connectivity index (χ1n) is 8.53. The fourth-order valence-electron chi connectivity index (χ4n) is 2.65. The van der Waals surface area contributed by atoms with Crippen LogP contribution in [0.3, 0.4) is 0 Å². The molecule has 4 heteroatoms. The van der Waals surface area contributed by atoms with Crippen molar-refractivity contribution in [3.05, 3.63) is 47.1 Å². The van der Waals surface area contributed by atoms with Crippen LogP contribution in [0.1, 0.15) is 30.9 Å². The van der Waals surface area contributed by atoms with Gasteiger partial charge in [0, 0.05) is 36.7 Å². The molecule has 0 saturated carbocycles. The minimum absolute atomic E-state index is 0.106. The van der Waals surface area contributed by atoms with Gasteiger partial charge < -0.3 is 4.90 Å². The summed E-state index contributed by atoms with van der Waals surface area (Å²) in [6.07, 6.45) is 6.07. The van der Waals surface area contributed by atoms with Crippen LogP contribution in [-0.4, -0.2) is 25.3 Å². The summed E-state index contributed by atoms with van der Waals surface area (Å²) in [5.74, 6) is 6.81. The lowest BCUT2D eigenvalue weighted by Gasteiger charge is -2.33. The Morgan fingerprint density at radius 1 is 1.21 bits per heavy atom. The quantitative estimate of drug-likeness (QED) is 0.404. The van der Waals surface area contributed by atoms with Crippen molar-refractivity contribution in [2.75, 3.05) is 6.54 Å². The Morgan fingerprint density at radius 2 is 1.92 bits per heavy atom. The Labute approximate surface area is 151 Å². The SMILES string of the molecule is C[Si](C)(C)CC#CCCCN1C=CC(=O)CC1c1ccc(Cl)cc1. The van der Waals surface area contributed by atoms with Gasteiger partial charge in [-0.1, -0.05) is 43.4 Å². The summed E-state index contributed by atoms with van der Waals surface area (Å²) in [5, 5.41) is 0.723. The highest BCUT2D eigenvalue weighted by Gasteiger charge is 2.23. The molecule has 0 aliphatic carbocycles. The molecular formula is C20H26ClNOSi. The van der Waals surface area contributed by atoms with Crippen molar-refractivity contribution in [1.29, 1.82) is 0 Å². The highest BCUT2D eigenvalue weighted by atomic mass is 35.5. The zero-order chi connectivity index (χ0) is 17.6. The van der Waals surface area contributed by atoms with Gasteiger partial charge in [0.25, 0.3) is 0 Å². The molecule has 0 spiro atoms. The summed E-state index contributed by atoms with van der Waals surface area (Å²) < 4.78 is 0. The van der Waals surface area contributed by atoms with Gasteiger partial charge in [0.05, 0.1) is 14.1 Å². The molecule has 2 nitrogen and oxygen atoms in total. The number of carbonyl (C=O) groups excluding carboxylic acids is 1. The van der Waals surface area contributed by atoms with E-state index < -0.39 is 8.07 Å². The predicted octanol–water partition coefficient (Wildman–Crippen LogP) is 5.29. The smallest absolute Gasteiger partial charge is 0.159 e. The van der Waals surface area contributed by atoms with Crippen molar-refractivity contribution in [2.45, 2.75) is 51.0 Å². The molecule has 24 heavy (non-hydrogen) atoms. The number of benzene rings is 1. The van der Waals surface area contributed by atoms with E-state index in [0.29, 0.717) is 6.42 Å². The van der Waals surface area contributed by atoms with E-state index in [4.69, 9.17) is 11.6 Å². The molecule has 0 fully saturated rings. The van der Waals surface area contributed by atoms with Crippen molar-refractivity contribution in [3.8, 4) is 11.8 Å². The number of nitrogens with zero attached hydrogens (tertiary/aromatic N) is 1. The average Bonchev–Trinajstić information content (AvgIpc) is 2.51. The average molecular weight is 360 g/mol. The molecule has 1 aromatic rings. The molecular weight excluding hydrogens is 334 g/mol. The van der Waals surface area contributed by atoms with E-state index in [0.717, 1.165) is 36.0 Å². The van der Waals surface area contributed by atoms with Crippen LogP contribution < -0.4 is 0 Å². The lowest BCUT2D eigenvalue weighted by molar-refractivity contribution is -0.116. The first kappa shape index (κ1) is 18.8. The van der Waals surface area contributed by atoms with Gasteiger partial charge in [-0.3, -0.25) is 4.79 Å². The van der Waals surface area contributed by atoms with Crippen LogP contribution in [0.4, 0.5) is 0 Å². The normalized spacial score (nSPS) is 17.6. The topological polar surface area (TPSA) is 20.3 Å². The molecule has 0 saturated heterocycles. The van der Waals surface area contributed by atoms with Crippen molar-refractivity contribution in [2.24, 2.45) is 0 Å². The molecule has 0 N–H and O–H groups in total. The summed E-state index contributed by atoms with van der Waals surface area (Å²) in [7, 11) is -1.06. The van der Waals surface area contributed by atoms with Gasteiger partial charge in [-0.15, -0.1) is 11.8 Å². The third-order valence-electron chi connectivity index (χ3n) is 3.96. The number of carbonyl (C=O) groups is 1. The molecule has 0 aromatic heterocycles. The van der Waals surface area contributed by atoms with Crippen LogP contribution in [0.15, 0.2) is 36.5 Å². The van der Waals surface area contributed by atoms with E-state index in [1.807, 2.05) is 30.5 Å². The van der Waals surface area contributed by atoms with Gasteiger partial charge in [0.15, 0.2) is 5.78 Å². The van der Waals surface area contributed by atoms with Crippen LogP contribution >= 0.6 is 11.6 Å². The molecule has 2 rings (SSSR count). The summed E-state index contributed by atoms with van der Waals surface area (Å²) in [5.41, 5.74) is 1.14. The number of rotatable bonds is 5. The number of ketones is 1. The number of hydrogen-bond acceptors (Lipinski definition) is 2. The molecule has 1 aliphatic rings. The minimum atomic E-state index is -1.06. The Morgan fingerprint density at radius 3 is 2.58 bits per heavy atom. The van der Waals surface area contributed by atoms with Crippen LogP contribution in [0.2, 0.25) is 30.7 Å².